The summed E-state index contributed by atoms with van der Waals surface area (Å²) in [5.74, 6) is 0.777. The molecule has 0 unspecified atom stereocenters. The maximum absolute atomic E-state index is 3.79. The second-order valence-electron chi connectivity index (χ2n) is 6.63. The first-order chi connectivity index (χ1) is 8.56. The van der Waals surface area contributed by atoms with E-state index in [0.717, 1.165) is 12.0 Å². The molecule has 1 fully saturated rings. The standard InChI is InChI=1S/C16H32BrN/c1-5-15(6-2)18(11-14(3)4)13-16(12-17)9-7-8-10-16/h14-15H,5-13H2,1-4H3. The summed E-state index contributed by atoms with van der Waals surface area (Å²) in [6.07, 6.45) is 8.30. The van der Waals surface area contributed by atoms with Crippen molar-refractivity contribution in [1.82, 2.24) is 4.90 Å². The Kier molecular flexibility index (Phi) is 7.23. The van der Waals surface area contributed by atoms with Gasteiger partial charge >= 0.3 is 0 Å². The Labute approximate surface area is 123 Å². The topological polar surface area (TPSA) is 3.24 Å². The Morgan fingerprint density at radius 1 is 1.11 bits per heavy atom. The maximum Gasteiger partial charge on any atom is 0.0100 e. The Morgan fingerprint density at radius 2 is 1.67 bits per heavy atom. The van der Waals surface area contributed by atoms with Gasteiger partial charge in [0.2, 0.25) is 0 Å². The highest BCUT2D eigenvalue weighted by Crippen LogP contribution is 2.41. The molecule has 0 spiro atoms. The fourth-order valence-electron chi connectivity index (χ4n) is 3.51. The van der Waals surface area contributed by atoms with Gasteiger partial charge in [0.15, 0.2) is 0 Å². The second-order valence-corrected chi connectivity index (χ2v) is 7.20. The van der Waals surface area contributed by atoms with Crippen LogP contribution in [0.25, 0.3) is 0 Å². The number of halogens is 1. The van der Waals surface area contributed by atoms with Gasteiger partial charge < -0.3 is 0 Å². The van der Waals surface area contributed by atoms with Gasteiger partial charge in [0, 0.05) is 24.5 Å². The zero-order valence-electron chi connectivity index (χ0n) is 12.8. The van der Waals surface area contributed by atoms with Gasteiger partial charge in [0.05, 0.1) is 0 Å². The summed E-state index contributed by atoms with van der Waals surface area (Å²) in [4.78, 5) is 2.79. The molecule has 0 bridgehead atoms. The van der Waals surface area contributed by atoms with Gasteiger partial charge in [-0.1, -0.05) is 56.5 Å². The summed E-state index contributed by atoms with van der Waals surface area (Å²) in [6.45, 7) is 12.0. The van der Waals surface area contributed by atoms with E-state index in [0.29, 0.717) is 5.41 Å². The Hall–Kier alpha value is 0.440. The van der Waals surface area contributed by atoms with E-state index in [1.165, 1.54) is 56.9 Å². The van der Waals surface area contributed by atoms with Crippen molar-refractivity contribution in [1.29, 1.82) is 0 Å². The first kappa shape index (κ1) is 16.5. The number of hydrogen-bond acceptors (Lipinski definition) is 1. The van der Waals surface area contributed by atoms with Crippen molar-refractivity contribution in [3.8, 4) is 0 Å². The van der Waals surface area contributed by atoms with Crippen LogP contribution in [0.4, 0.5) is 0 Å². The quantitative estimate of drug-likeness (QED) is 0.564. The van der Waals surface area contributed by atoms with Crippen LogP contribution >= 0.6 is 15.9 Å². The van der Waals surface area contributed by atoms with Crippen LogP contribution in [0.15, 0.2) is 0 Å². The molecule has 1 nitrogen and oxygen atoms in total. The van der Waals surface area contributed by atoms with Crippen molar-refractivity contribution in [3.63, 3.8) is 0 Å². The Bertz CT molecular complexity index is 217. The first-order valence-electron chi connectivity index (χ1n) is 7.87. The molecular weight excluding hydrogens is 286 g/mol. The zero-order chi connectivity index (χ0) is 13.6. The van der Waals surface area contributed by atoms with Gasteiger partial charge in [0.25, 0.3) is 0 Å². The van der Waals surface area contributed by atoms with Crippen LogP contribution in [-0.2, 0) is 0 Å². The SMILES string of the molecule is CCC(CC)N(CC(C)C)CC1(CBr)CCCC1. The van der Waals surface area contributed by atoms with E-state index in [1.54, 1.807) is 0 Å². The number of nitrogens with zero attached hydrogens (tertiary/aromatic N) is 1. The van der Waals surface area contributed by atoms with E-state index in [2.05, 4.69) is 48.5 Å². The van der Waals surface area contributed by atoms with Crippen molar-refractivity contribution >= 4 is 15.9 Å². The summed E-state index contributed by atoms with van der Waals surface area (Å²) >= 11 is 3.79. The highest BCUT2D eigenvalue weighted by molar-refractivity contribution is 9.09. The molecule has 18 heavy (non-hydrogen) atoms. The lowest BCUT2D eigenvalue weighted by molar-refractivity contribution is 0.105. The number of alkyl halides is 1. The second kappa shape index (κ2) is 7.89. The highest BCUT2D eigenvalue weighted by Gasteiger charge is 2.35. The summed E-state index contributed by atoms with van der Waals surface area (Å²) < 4.78 is 0. The largest absolute Gasteiger partial charge is 0.300 e. The minimum Gasteiger partial charge on any atom is -0.300 e. The fourth-order valence-corrected chi connectivity index (χ4v) is 4.24. The predicted molar refractivity (Wildman–Crippen MR) is 85.5 cm³/mol. The van der Waals surface area contributed by atoms with Crippen LogP contribution in [0.1, 0.15) is 66.2 Å². The Morgan fingerprint density at radius 3 is 2.06 bits per heavy atom. The van der Waals surface area contributed by atoms with E-state index in [9.17, 15) is 0 Å². The molecule has 0 aromatic rings. The Balaban J connectivity index is 2.69. The molecule has 0 amide bonds. The van der Waals surface area contributed by atoms with Crippen LogP contribution < -0.4 is 0 Å². The maximum atomic E-state index is 3.79. The molecule has 0 atom stereocenters. The van der Waals surface area contributed by atoms with Crippen LogP contribution in [-0.4, -0.2) is 29.4 Å². The van der Waals surface area contributed by atoms with Gasteiger partial charge in [-0.2, -0.15) is 0 Å². The molecule has 0 heterocycles. The van der Waals surface area contributed by atoms with Gasteiger partial charge in [-0.15, -0.1) is 0 Å². The number of hydrogen-bond donors (Lipinski definition) is 0. The lowest BCUT2D eigenvalue weighted by Crippen LogP contribution is -2.44. The van der Waals surface area contributed by atoms with Crippen LogP contribution in [0.5, 0.6) is 0 Å². The molecule has 0 N–H and O–H groups in total. The van der Waals surface area contributed by atoms with Gasteiger partial charge in [0.1, 0.15) is 0 Å². The van der Waals surface area contributed by atoms with E-state index in [1.807, 2.05) is 0 Å². The van der Waals surface area contributed by atoms with Crippen LogP contribution in [0, 0.1) is 11.3 Å². The van der Waals surface area contributed by atoms with E-state index in [-0.39, 0.29) is 0 Å². The molecule has 0 saturated heterocycles. The van der Waals surface area contributed by atoms with E-state index in [4.69, 9.17) is 0 Å². The molecule has 2 heteroatoms. The molecule has 108 valence electrons. The molecular formula is C16H32BrN. The molecule has 1 rings (SSSR count). The first-order valence-corrected chi connectivity index (χ1v) is 8.99. The molecule has 1 aliphatic carbocycles. The highest BCUT2D eigenvalue weighted by atomic mass is 79.9. The summed E-state index contributed by atoms with van der Waals surface area (Å²) in [5.41, 5.74) is 0.567. The van der Waals surface area contributed by atoms with Gasteiger partial charge in [-0.3, -0.25) is 4.90 Å². The summed E-state index contributed by atoms with van der Waals surface area (Å²) in [5, 5.41) is 1.19. The third kappa shape index (κ3) is 4.52. The van der Waals surface area contributed by atoms with Gasteiger partial charge in [-0.05, 0) is 37.0 Å². The monoisotopic (exact) mass is 317 g/mol. The van der Waals surface area contributed by atoms with Gasteiger partial charge in [-0.25, -0.2) is 0 Å². The van der Waals surface area contributed by atoms with E-state index < -0.39 is 0 Å². The minimum absolute atomic E-state index is 0.567. The zero-order valence-corrected chi connectivity index (χ0v) is 14.4. The summed E-state index contributed by atoms with van der Waals surface area (Å²) in [7, 11) is 0. The molecule has 0 aromatic carbocycles. The molecule has 1 saturated carbocycles. The van der Waals surface area contributed by atoms with E-state index >= 15 is 0 Å². The van der Waals surface area contributed by atoms with Crippen molar-refractivity contribution in [2.24, 2.45) is 11.3 Å². The average molecular weight is 318 g/mol. The van der Waals surface area contributed by atoms with Crippen molar-refractivity contribution < 1.29 is 0 Å². The predicted octanol–water partition coefficient (Wildman–Crippen LogP) is 5.09. The van der Waals surface area contributed by atoms with Crippen molar-refractivity contribution in [2.75, 3.05) is 18.4 Å². The summed E-state index contributed by atoms with van der Waals surface area (Å²) in [6, 6.07) is 0.781. The minimum atomic E-state index is 0.567. The molecule has 0 aromatic heterocycles. The normalized spacial score (nSPS) is 19.3. The van der Waals surface area contributed by atoms with Crippen molar-refractivity contribution in [3.05, 3.63) is 0 Å². The average Bonchev–Trinajstić information content (AvgIpc) is 2.79. The van der Waals surface area contributed by atoms with Crippen LogP contribution in [0.3, 0.4) is 0 Å². The molecule has 0 radical (unpaired) electrons. The molecule has 1 aliphatic rings. The van der Waals surface area contributed by atoms with Crippen molar-refractivity contribution in [2.45, 2.75) is 72.3 Å². The lowest BCUT2D eigenvalue weighted by Gasteiger charge is -2.39. The third-order valence-electron chi connectivity index (χ3n) is 4.54. The third-order valence-corrected chi connectivity index (χ3v) is 5.73. The smallest absolute Gasteiger partial charge is 0.0100 e. The lowest BCUT2D eigenvalue weighted by atomic mass is 9.87. The number of rotatable bonds is 8. The molecule has 0 aliphatic heterocycles. The van der Waals surface area contributed by atoms with Crippen LogP contribution in [0.2, 0.25) is 0 Å². The fraction of sp³-hybridized carbons (Fsp3) is 1.00.